The lowest BCUT2D eigenvalue weighted by Crippen LogP contribution is -2.38. The number of aromatic nitrogens is 4. The minimum Gasteiger partial charge on any atom is -0.497 e. The molecular weight excluding hydrogens is 458 g/mol. The Bertz CT molecular complexity index is 1300. The summed E-state index contributed by atoms with van der Waals surface area (Å²) in [6.07, 6.45) is 4.84. The molecule has 2 aromatic carbocycles. The van der Waals surface area contributed by atoms with Crippen molar-refractivity contribution >= 4 is 40.3 Å². The van der Waals surface area contributed by atoms with Crippen LogP contribution in [0.2, 0.25) is 5.02 Å². The van der Waals surface area contributed by atoms with Gasteiger partial charge in [-0.25, -0.2) is 15.0 Å². The molecule has 5 rings (SSSR count). The summed E-state index contributed by atoms with van der Waals surface area (Å²) in [6, 6.07) is 13.9. The number of fused-ring (bicyclic) bond motifs is 1. The molecule has 2 heterocycles. The van der Waals surface area contributed by atoms with Gasteiger partial charge in [0.1, 0.15) is 17.8 Å². The van der Waals surface area contributed by atoms with Gasteiger partial charge in [-0.3, -0.25) is 0 Å². The zero-order chi connectivity index (χ0) is 23.0. The zero-order valence-corrected chi connectivity index (χ0v) is 20.0. The van der Waals surface area contributed by atoms with E-state index in [1.807, 2.05) is 30.3 Å². The van der Waals surface area contributed by atoms with Gasteiger partial charge in [0.05, 0.1) is 19.1 Å². The Morgan fingerprint density at radius 2 is 1.88 bits per heavy atom. The fourth-order valence-corrected chi connectivity index (χ4v) is 5.51. The molecule has 0 radical (unpaired) electrons. The fraction of sp³-hybridized carbons (Fsp3) is 0.292. The van der Waals surface area contributed by atoms with Crippen LogP contribution in [0, 0.1) is 0 Å². The number of methoxy groups -OCH3 is 2. The molecule has 0 aliphatic heterocycles. The van der Waals surface area contributed by atoms with Crippen LogP contribution in [0.15, 0.2) is 58.8 Å². The number of imidazole rings is 1. The number of halogens is 1. The van der Waals surface area contributed by atoms with Crippen LogP contribution in [0.4, 0.5) is 5.82 Å². The zero-order valence-electron chi connectivity index (χ0n) is 18.4. The van der Waals surface area contributed by atoms with Crippen LogP contribution in [0.1, 0.15) is 24.8 Å². The number of nitrogens with zero attached hydrogens (tertiary/aromatic N) is 4. The quantitative estimate of drug-likeness (QED) is 0.380. The Morgan fingerprint density at radius 1 is 1.09 bits per heavy atom. The fourth-order valence-electron chi connectivity index (χ4n) is 4.36. The first-order valence-corrected chi connectivity index (χ1v) is 11.8. The van der Waals surface area contributed by atoms with Crippen molar-refractivity contribution in [1.82, 2.24) is 19.5 Å². The number of benzene rings is 2. The highest BCUT2D eigenvalue weighted by Gasteiger charge is 2.40. The first-order valence-electron chi connectivity index (χ1n) is 10.7. The summed E-state index contributed by atoms with van der Waals surface area (Å²) in [7, 11) is 3.30. The second-order valence-electron chi connectivity index (χ2n) is 8.17. The van der Waals surface area contributed by atoms with Crippen LogP contribution in [0.25, 0.3) is 11.2 Å². The van der Waals surface area contributed by atoms with Crippen LogP contribution in [-0.2, 0) is 12.0 Å². The van der Waals surface area contributed by atoms with E-state index in [1.54, 1.807) is 14.2 Å². The lowest BCUT2D eigenvalue weighted by atomic mass is 9.64. The molecule has 1 aliphatic rings. The van der Waals surface area contributed by atoms with E-state index in [0.29, 0.717) is 11.3 Å². The molecule has 9 heteroatoms. The summed E-state index contributed by atoms with van der Waals surface area (Å²) in [5, 5.41) is 1.52. The molecule has 7 nitrogen and oxygen atoms in total. The highest BCUT2D eigenvalue weighted by atomic mass is 35.5. The molecule has 0 unspecified atom stereocenters. The molecule has 33 heavy (non-hydrogen) atoms. The molecule has 0 atom stereocenters. The number of nitrogen functional groups attached to an aromatic ring is 1. The van der Waals surface area contributed by atoms with Gasteiger partial charge in [0.15, 0.2) is 22.1 Å². The number of rotatable bonds is 7. The van der Waals surface area contributed by atoms with Gasteiger partial charge in [-0.1, -0.05) is 30.2 Å². The molecule has 2 N–H and O–H groups in total. The van der Waals surface area contributed by atoms with E-state index in [-0.39, 0.29) is 5.41 Å². The van der Waals surface area contributed by atoms with Crippen molar-refractivity contribution in [3.8, 4) is 11.5 Å². The summed E-state index contributed by atoms with van der Waals surface area (Å²) in [5.41, 5.74) is 8.78. The first kappa shape index (κ1) is 21.9. The number of hydrogen-bond acceptors (Lipinski definition) is 7. The molecule has 2 aromatic heterocycles. The topological polar surface area (TPSA) is 88.1 Å². The highest BCUT2D eigenvalue weighted by Crippen LogP contribution is 2.47. The van der Waals surface area contributed by atoms with Crippen molar-refractivity contribution in [1.29, 1.82) is 0 Å². The normalized spacial score (nSPS) is 14.8. The minimum atomic E-state index is -0.00823. The van der Waals surface area contributed by atoms with Crippen LogP contribution < -0.4 is 15.2 Å². The van der Waals surface area contributed by atoms with Crippen molar-refractivity contribution in [2.45, 2.75) is 41.3 Å². The van der Waals surface area contributed by atoms with Crippen molar-refractivity contribution < 1.29 is 9.47 Å². The monoisotopic (exact) mass is 481 g/mol. The average molecular weight is 482 g/mol. The van der Waals surface area contributed by atoms with E-state index in [0.717, 1.165) is 51.6 Å². The van der Waals surface area contributed by atoms with E-state index in [9.17, 15) is 0 Å². The third-order valence-corrected chi connectivity index (χ3v) is 7.61. The van der Waals surface area contributed by atoms with E-state index in [1.165, 1.54) is 30.1 Å². The summed E-state index contributed by atoms with van der Waals surface area (Å²) in [6.45, 7) is 0.732. The summed E-state index contributed by atoms with van der Waals surface area (Å²) >= 11 is 7.66. The van der Waals surface area contributed by atoms with Crippen LogP contribution in [0.3, 0.4) is 0 Å². The minimum absolute atomic E-state index is 0.00823. The summed E-state index contributed by atoms with van der Waals surface area (Å²) in [4.78, 5) is 14.4. The Hall–Kier alpha value is -2.97. The molecule has 1 aliphatic carbocycles. The smallest absolute Gasteiger partial charge is 0.175 e. The number of hydrogen-bond donors (Lipinski definition) is 1. The molecular formula is C24H24ClN5O2S. The highest BCUT2D eigenvalue weighted by molar-refractivity contribution is 7.99. The van der Waals surface area contributed by atoms with E-state index >= 15 is 0 Å². The van der Waals surface area contributed by atoms with E-state index in [2.05, 4.69) is 26.7 Å². The first-order chi connectivity index (χ1) is 16.0. The van der Waals surface area contributed by atoms with Gasteiger partial charge in [0.25, 0.3) is 0 Å². The van der Waals surface area contributed by atoms with Gasteiger partial charge in [0.2, 0.25) is 0 Å². The maximum Gasteiger partial charge on any atom is 0.175 e. The predicted molar refractivity (Wildman–Crippen MR) is 130 cm³/mol. The van der Waals surface area contributed by atoms with Gasteiger partial charge in [-0.05, 0) is 60.5 Å². The van der Waals surface area contributed by atoms with Gasteiger partial charge in [-0.2, -0.15) is 0 Å². The van der Waals surface area contributed by atoms with Gasteiger partial charge in [-0.15, -0.1) is 0 Å². The number of nitrogens with two attached hydrogens (primary N) is 1. The van der Waals surface area contributed by atoms with Crippen molar-refractivity contribution in [2.24, 2.45) is 0 Å². The molecule has 170 valence electrons. The second-order valence-corrected chi connectivity index (χ2v) is 9.62. The third kappa shape index (κ3) is 3.98. The summed E-state index contributed by atoms with van der Waals surface area (Å²) < 4.78 is 13.2. The maximum absolute atomic E-state index is 6.18. The van der Waals surface area contributed by atoms with Crippen molar-refractivity contribution in [3.63, 3.8) is 0 Å². The molecule has 0 spiro atoms. The van der Waals surface area contributed by atoms with Crippen molar-refractivity contribution in [3.05, 3.63) is 59.4 Å². The lowest BCUT2D eigenvalue weighted by molar-refractivity contribution is 0.205. The summed E-state index contributed by atoms with van der Waals surface area (Å²) in [5.74, 6) is 1.86. The van der Waals surface area contributed by atoms with Crippen LogP contribution >= 0.6 is 23.4 Å². The standard InChI is InChI=1S/C24H24ClN5O2S/c1-31-17-8-9-18(32-2)19(12-17)33-23-29-20-21(26)27-14-28-22(20)30(23)13-24(10-3-11-24)15-4-6-16(25)7-5-15/h4-9,12,14H,3,10-11,13H2,1-2H3,(H2,26,27,28). The molecule has 1 fully saturated rings. The second kappa shape index (κ2) is 8.76. The van der Waals surface area contributed by atoms with Gasteiger partial charge in [0, 0.05) is 17.0 Å². The van der Waals surface area contributed by atoms with Crippen LogP contribution in [-0.4, -0.2) is 33.7 Å². The van der Waals surface area contributed by atoms with Gasteiger partial charge < -0.3 is 19.8 Å². The third-order valence-electron chi connectivity index (χ3n) is 6.33. The average Bonchev–Trinajstić information content (AvgIpc) is 3.15. The maximum atomic E-state index is 6.18. The largest absolute Gasteiger partial charge is 0.497 e. The van der Waals surface area contributed by atoms with Gasteiger partial charge >= 0.3 is 0 Å². The Kier molecular flexibility index (Phi) is 5.80. The Morgan fingerprint density at radius 3 is 2.55 bits per heavy atom. The lowest BCUT2D eigenvalue weighted by Gasteiger charge is -2.43. The van der Waals surface area contributed by atoms with Crippen molar-refractivity contribution in [2.75, 3.05) is 20.0 Å². The molecule has 0 amide bonds. The van der Waals surface area contributed by atoms with E-state index < -0.39 is 0 Å². The molecule has 1 saturated carbocycles. The Balaban J connectivity index is 1.61. The van der Waals surface area contributed by atoms with E-state index in [4.69, 9.17) is 31.8 Å². The Labute approximate surface area is 201 Å². The predicted octanol–water partition coefficient (Wildman–Crippen LogP) is 5.35. The number of anilines is 1. The molecule has 4 aromatic rings. The molecule has 0 bridgehead atoms. The molecule has 0 saturated heterocycles. The van der Waals surface area contributed by atoms with Crippen LogP contribution in [0.5, 0.6) is 11.5 Å². The number of ether oxygens (including phenoxy) is 2. The SMILES string of the molecule is COc1ccc(OC)c(Sc2nc3c(N)ncnc3n2CC2(c3ccc(Cl)cc3)CCC2)c1.